The van der Waals surface area contributed by atoms with E-state index in [2.05, 4.69) is 112 Å². The summed E-state index contributed by atoms with van der Waals surface area (Å²) in [6.07, 6.45) is 0. The van der Waals surface area contributed by atoms with Crippen LogP contribution in [-0.4, -0.2) is 27.1 Å². The summed E-state index contributed by atoms with van der Waals surface area (Å²) in [5.41, 5.74) is 0. The molecule has 0 saturated heterocycles. The summed E-state index contributed by atoms with van der Waals surface area (Å²) < 4.78 is -3.26. The molecule has 0 fully saturated rings. The molecule has 0 saturated carbocycles. The van der Waals surface area contributed by atoms with Gasteiger partial charge in [-0.3, -0.25) is 0 Å². The Morgan fingerprint density at radius 1 is 0.765 bits per heavy atom. The molecule has 0 unspecified atom stereocenters. The molecule has 0 N–H and O–H groups in total. The van der Waals surface area contributed by atoms with Crippen LogP contribution in [0.3, 0.4) is 0 Å². The summed E-state index contributed by atoms with van der Waals surface area (Å²) in [5, 5.41) is 3.09. The zero-order valence-corrected chi connectivity index (χ0v) is 19.3. The first-order valence-corrected chi connectivity index (χ1v) is 24.3. The van der Waals surface area contributed by atoms with Gasteiger partial charge in [0.25, 0.3) is 0 Å². The third kappa shape index (κ3) is 1.57. The van der Waals surface area contributed by atoms with Gasteiger partial charge in [-0.05, 0) is 0 Å². The maximum atomic E-state index is 4.18. The Morgan fingerprint density at radius 3 is 1.35 bits per heavy atom. The van der Waals surface area contributed by atoms with Crippen molar-refractivity contribution in [3.8, 4) is 0 Å². The fourth-order valence-corrected chi connectivity index (χ4v) is 43.7. The Hall–Kier alpha value is 2.22. The molecule has 0 nitrogen and oxygen atoms in total. The van der Waals surface area contributed by atoms with Crippen molar-refractivity contribution in [2.24, 2.45) is 0 Å². The Labute approximate surface area is 135 Å². The zero-order valence-electron chi connectivity index (χ0n) is 10.2. The molecule has 0 amide bonds. The molecule has 7 heteroatoms. The SMILES string of the molecule is C[P+]1(C)c2ccccc2[P+](C)(C)[Si-2]1(Br)(Br)(Br)Br. The van der Waals surface area contributed by atoms with Crippen molar-refractivity contribution in [1.29, 1.82) is 0 Å². The van der Waals surface area contributed by atoms with Gasteiger partial charge in [-0.2, -0.15) is 0 Å². The average molecular weight is 546 g/mol. The molecule has 17 heavy (non-hydrogen) atoms. The van der Waals surface area contributed by atoms with E-state index in [0.29, 0.717) is 0 Å². The Balaban J connectivity index is 3.00. The van der Waals surface area contributed by atoms with Gasteiger partial charge >= 0.3 is 137 Å². The van der Waals surface area contributed by atoms with Crippen molar-refractivity contribution >= 4 is 85.8 Å². The number of halogens is 4. The third-order valence-corrected chi connectivity index (χ3v) is 99.4. The van der Waals surface area contributed by atoms with E-state index in [1.165, 1.54) is 0 Å². The molecule has 0 bridgehead atoms. The van der Waals surface area contributed by atoms with Crippen molar-refractivity contribution in [3.63, 3.8) is 0 Å². The van der Waals surface area contributed by atoms with Crippen LogP contribution in [0.25, 0.3) is 0 Å². The molecule has 0 radical (unpaired) electrons. The van der Waals surface area contributed by atoms with Gasteiger partial charge in [0.2, 0.25) is 0 Å². The summed E-state index contributed by atoms with van der Waals surface area (Å²) in [4.78, 5) is 0. The van der Waals surface area contributed by atoms with E-state index < -0.39 is 14.1 Å². The van der Waals surface area contributed by atoms with Crippen molar-refractivity contribution in [2.75, 3.05) is 26.7 Å². The summed E-state index contributed by atoms with van der Waals surface area (Å²) in [7, 11) is 0. The van der Waals surface area contributed by atoms with E-state index in [1.807, 2.05) is 0 Å². The molecule has 1 heterocycles. The normalized spacial score (nSPS) is 33.6. The van der Waals surface area contributed by atoms with Crippen LogP contribution in [0, 0.1) is 0 Å². The minimum atomic E-state index is -3.26. The van der Waals surface area contributed by atoms with E-state index in [0.717, 1.165) is 0 Å². The number of hydrogen-bond donors (Lipinski definition) is 0. The Morgan fingerprint density at radius 2 is 1.06 bits per heavy atom. The second kappa shape index (κ2) is 3.51. The standard InChI is InChI=1S/C10H16Br4P2Si/c1-15(2)9-7-5-6-8-10(9)16(3,4)17(15,11,12,13)14/h5-8H,1-4H3. The molecular formula is C10H16Br4P2Si. The maximum absolute atomic E-state index is 4.18. The molecule has 98 valence electrons. The van der Waals surface area contributed by atoms with E-state index in [1.54, 1.807) is 10.6 Å². The van der Waals surface area contributed by atoms with Crippen LogP contribution in [0.5, 0.6) is 0 Å². The number of benzene rings is 1. The van der Waals surface area contributed by atoms with Gasteiger partial charge in [0.1, 0.15) is 0 Å². The van der Waals surface area contributed by atoms with E-state index >= 15 is 0 Å². The predicted octanol–water partition coefficient (Wildman–Crippen LogP) is 5.42. The topological polar surface area (TPSA) is 0 Å². The van der Waals surface area contributed by atoms with E-state index in [4.69, 9.17) is 0 Å². The summed E-state index contributed by atoms with van der Waals surface area (Å²) in [6, 6.07) is 8.92. The minimum absolute atomic E-state index is 1.36. The zero-order chi connectivity index (χ0) is 13.4. The average Bonchev–Trinajstić information content (AvgIpc) is 2.21. The second-order valence-corrected chi connectivity index (χ2v) is 86.9. The molecule has 1 aliphatic rings. The summed E-state index contributed by atoms with van der Waals surface area (Å²) >= 11 is 16.7. The number of fused-ring (bicyclic) bond motifs is 1. The van der Waals surface area contributed by atoms with Crippen LogP contribution in [0.1, 0.15) is 0 Å². The van der Waals surface area contributed by atoms with Gasteiger partial charge in [0.05, 0.1) is 0 Å². The van der Waals surface area contributed by atoms with Crippen LogP contribution >= 0.6 is 74.8 Å². The van der Waals surface area contributed by atoms with Crippen LogP contribution < -0.4 is 10.6 Å². The van der Waals surface area contributed by atoms with Gasteiger partial charge in [-0.15, -0.1) is 0 Å². The molecule has 1 aliphatic heterocycles. The first kappa shape index (κ1) is 15.6. The molecular weight excluding hydrogens is 530 g/mol. The van der Waals surface area contributed by atoms with Gasteiger partial charge in [0, 0.05) is 0 Å². The van der Waals surface area contributed by atoms with Gasteiger partial charge < -0.3 is 0 Å². The van der Waals surface area contributed by atoms with Crippen molar-refractivity contribution in [1.82, 2.24) is 0 Å². The molecule has 1 aromatic rings. The molecule has 0 spiro atoms. The molecule has 0 aromatic heterocycles. The fourth-order valence-electron chi connectivity index (χ4n) is 2.51. The number of hydrogen-bond acceptors (Lipinski definition) is 0. The van der Waals surface area contributed by atoms with Gasteiger partial charge in [-0.1, -0.05) is 0 Å². The Kier molecular flexibility index (Phi) is 3.22. The molecule has 0 aliphatic carbocycles. The summed E-state index contributed by atoms with van der Waals surface area (Å²) in [5.74, 6) is 0. The first-order valence-electron chi connectivity index (χ1n) is 5.27. The Bertz CT molecular complexity index is 476. The monoisotopic (exact) mass is 542 g/mol. The van der Waals surface area contributed by atoms with E-state index in [-0.39, 0.29) is 0 Å². The van der Waals surface area contributed by atoms with Gasteiger partial charge in [-0.25, -0.2) is 0 Å². The second-order valence-electron chi connectivity index (χ2n) is 5.60. The predicted molar refractivity (Wildman–Crippen MR) is 105 cm³/mol. The van der Waals surface area contributed by atoms with Crippen molar-refractivity contribution in [3.05, 3.63) is 24.3 Å². The quantitative estimate of drug-likeness (QED) is 0.232. The van der Waals surface area contributed by atoms with Crippen molar-refractivity contribution < 1.29 is 0 Å². The fraction of sp³-hybridized carbons (Fsp3) is 0.400. The first-order chi connectivity index (χ1) is 7.27. The summed E-state index contributed by atoms with van der Waals surface area (Å²) in [6.45, 7) is 6.94. The third-order valence-electron chi connectivity index (χ3n) is 4.28. The number of rotatable bonds is 0. The molecule has 1 aromatic carbocycles. The van der Waals surface area contributed by atoms with Crippen LogP contribution in [-0.2, 0) is 0 Å². The van der Waals surface area contributed by atoms with Gasteiger partial charge in [0.15, 0.2) is 0 Å². The van der Waals surface area contributed by atoms with Crippen molar-refractivity contribution in [2.45, 2.75) is 0 Å². The molecule has 0 atom stereocenters. The molecule has 2 rings (SSSR count). The van der Waals surface area contributed by atoms with E-state index in [9.17, 15) is 0 Å². The van der Waals surface area contributed by atoms with Crippen LogP contribution in [0.15, 0.2) is 24.3 Å². The van der Waals surface area contributed by atoms with Crippen LogP contribution in [0.2, 0.25) is 0 Å². The van der Waals surface area contributed by atoms with Crippen LogP contribution in [0.4, 0.5) is 0 Å².